The molecule has 0 aliphatic carbocycles. The van der Waals surface area contributed by atoms with Crippen LogP contribution in [0.15, 0.2) is 0 Å². The van der Waals surface area contributed by atoms with Crippen molar-refractivity contribution in [2.45, 2.75) is 69.7 Å². The molecule has 1 fully saturated rings. The maximum Gasteiger partial charge on any atom is 0.364 e. The minimum absolute atomic E-state index is 0.203. The second-order valence-electron chi connectivity index (χ2n) is 6.71. The lowest BCUT2D eigenvalue weighted by molar-refractivity contribution is -0.304. The summed E-state index contributed by atoms with van der Waals surface area (Å²) in [5.74, 6) is -6.03. The van der Waals surface area contributed by atoms with Crippen LogP contribution in [0.4, 0.5) is 0 Å². The van der Waals surface area contributed by atoms with Crippen LogP contribution in [-0.4, -0.2) is 79.2 Å². The third kappa shape index (κ3) is 5.19. The van der Waals surface area contributed by atoms with E-state index in [9.17, 15) is 30.0 Å². The highest BCUT2D eigenvalue weighted by molar-refractivity contribution is 5.81. The molecule has 9 heteroatoms. The lowest BCUT2D eigenvalue weighted by Crippen LogP contribution is -2.61. The summed E-state index contributed by atoms with van der Waals surface area (Å²) >= 11 is 0. The first-order chi connectivity index (χ1) is 11.6. The van der Waals surface area contributed by atoms with E-state index in [-0.39, 0.29) is 18.1 Å². The van der Waals surface area contributed by atoms with Crippen LogP contribution in [0.25, 0.3) is 0 Å². The molecule has 7 atom stereocenters. The predicted octanol–water partition coefficient (Wildman–Crippen LogP) is -1.36. The number of ketones is 1. The summed E-state index contributed by atoms with van der Waals surface area (Å²) in [5, 5.41) is 58.2. The van der Waals surface area contributed by atoms with Gasteiger partial charge < -0.3 is 35.4 Å². The van der Waals surface area contributed by atoms with E-state index in [1.54, 1.807) is 6.92 Å². The number of aliphatic carboxylic acids is 1. The SMILES string of the molecule is CCCC(C)C(=O)CC1C(O)CC(O)(C(=O)O)OC1C(O)C(O)CO. The fourth-order valence-electron chi connectivity index (χ4n) is 3.08. The van der Waals surface area contributed by atoms with Gasteiger partial charge in [0.25, 0.3) is 5.79 Å². The number of rotatable bonds is 9. The van der Waals surface area contributed by atoms with Gasteiger partial charge in [0.15, 0.2) is 0 Å². The highest BCUT2D eigenvalue weighted by atomic mass is 16.7. The van der Waals surface area contributed by atoms with Crippen LogP contribution < -0.4 is 0 Å². The number of hydrogen-bond acceptors (Lipinski definition) is 8. The Labute approximate surface area is 145 Å². The number of ether oxygens (including phenoxy) is 1. The molecule has 1 rings (SSSR count). The number of carboxylic acids is 1. The molecule has 25 heavy (non-hydrogen) atoms. The van der Waals surface area contributed by atoms with Crippen LogP contribution in [0, 0.1) is 11.8 Å². The van der Waals surface area contributed by atoms with Crippen LogP contribution in [0.2, 0.25) is 0 Å². The number of aliphatic hydroxyl groups is 5. The lowest BCUT2D eigenvalue weighted by atomic mass is 9.78. The fourth-order valence-corrected chi connectivity index (χ4v) is 3.08. The molecule has 0 aromatic rings. The zero-order valence-electron chi connectivity index (χ0n) is 14.4. The molecule has 1 aliphatic heterocycles. The summed E-state index contributed by atoms with van der Waals surface area (Å²) in [7, 11) is 0. The zero-order valence-corrected chi connectivity index (χ0v) is 14.4. The number of carboxylic acid groups (broad SMARTS) is 1. The molecule has 9 nitrogen and oxygen atoms in total. The average molecular weight is 364 g/mol. The van der Waals surface area contributed by atoms with Crippen molar-refractivity contribution in [2.24, 2.45) is 11.8 Å². The van der Waals surface area contributed by atoms with Gasteiger partial charge in [0.1, 0.15) is 18.0 Å². The van der Waals surface area contributed by atoms with E-state index in [0.717, 1.165) is 6.42 Å². The van der Waals surface area contributed by atoms with Crippen molar-refractivity contribution in [2.75, 3.05) is 6.61 Å². The van der Waals surface area contributed by atoms with Gasteiger partial charge in [0, 0.05) is 24.7 Å². The first kappa shape index (κ1) is 21.9. The summed E-state index contributed by atoms with van der Waals surface area (Å²) in [6.45, 7) is 2.80. The third-order valence-electron chi connectivity index (χ3n) is 4.69. The van der Waals surface area contributed by atoms with Gasteiger partial charge in [0.05, 0.1) is 18.8 Å². The standard InChI is InChI=1S/C16H28O9/c1-3-4-8(2)10(18)5-9-11(19)6-16(24,15(22)23)25-14(9)13(21)12(20)7-17/h8-9,11-14,17,19-21,24H,3-7H2,1-2H3,(H,22,23). The zero-order chi connectivity index (χ0) is 19.4. The van der Waals surface area contributed by atoms with E-state index in [2.05, 4.69) is 0 Å². The monoisotopic (exact) mass is 364 g/mol. The van der Waals surface area contributed by atoms with Crippen molar-refractivity contribution < 1.29 is 45.0 Å². The number of hydrogen-bond donors (Lipinski definition) is 6. The number of Topliss-reactive ketones (excluding diaryl/α,β-unsaturated/α-hetero) is 1. The smallest absolute Gasteiger partial charge is 0.364 e. The summed E-state index contributed by atoms with van der Waals surface area (Å²) < 4.78 is 5.07. The van der Waals surface area contributed by atoms with Gasteiger partial charge in [-0.1, -0.05) is 20.3 Å². The number of carbonyl (C=O) groups excluding carboxylic acids is 1. The molecule has 0 bridgehead atoms. The predicted molar refractivity (Wildman–Crippen MR) is 84.4 cm³/mol. The molecular weight excluding hydrogens is 336 g/mol. The van der Waals surface area contributed by atoms with Crippen molar-refractivity contribution in [1.82, 2.24) is 0 Å². The quantitative estimate of drug-likeness (QED) is 0.290. The molecular formula is C16H28O9. The Bertz CT molecular complexity index is 469. The normalized spacial score (nSPS) is 33.5. The molecule has 0 radical (unpaired) electrons. The molecule has 1 heterocycles. The third-order valence-corrected chi connectivity index (χ3v) is 4.69. The molecule has 0 amide bonds. The van der Waals surface area contributed by atoms with E-state index >= 15 is 0 Å². The van der Waals surface area contributed by atoms with E-state index in [1.807, 2.05) is 6.92 Å². The average Bonchev–Trinajstić information content (AvgIpc) is 2.55. The van der Waals surface area contributed by atoms with E-state index in [0.29, 0.717) is 6.42 Å². The van der Waals surface area contributed by atoms with Gasteiger partial charge in [-0.05, 0) is 6.42 Å². The van der Waals surface area contributed by atoms with Crippen LogP contribution in [0.5, 0.6) is 0 Å². The molecule has 0 saturated carbocycles. The maximum atomic E-state index is 12.3. The largest absolute Gasteiger partial charge is 0.477 e. The van der Waals surface area contributed by atoms with Gasteiger partial charge in [-0.15, -0.1) is 0 Å². The molecule has 146 valence electrons. The molecule has 0 spiro atoms. The summed E-state index contributed by atoms with van der Waals surface area (Å²) in [4.78, 5) is 23.5. The Morgan fingerprint density at radius 2 is 1.92 bits per heavy atom. The lowest BCUT2D eigenvalue weighted by Gasteiger charge is -2.44. The topological polar surface area (TPSA) is 165 Å². The first-order valence-corrected chi connectivity index (χ1v) is 8.38. The van der Waals surface area contributed by atoms with Gasteiger partial charge in [-0.3, -0.25) is 4.79 Å². The maximum absolute atomic E-state index is 12.3. The van der Waals surface area contributed by atoms with E-state index < -0.39 is 55.1 Å². The number of aliphatic hydroxyl groups excluding tert-OH is 4. The van der Waals surface area contributed by atoms with E-state index in [1.165, 1.54) is 0 Å². The highest BCUT2D eigenvalue weighted by Gasteiger charge is 2.53. The Morgan fingerprint density at radius 3 is 2.40 bits per heavy atom. The number of carbonyl (C=O) groups is 2. The second-order valence-corrected chi connectivity index (χ2v) is 6.71. The van der Waals surface area contributed by atoms with Gasteiger partial charge in [0.2, 0.25) is 0 Å². The van der Waals surface area contributed by atoms with Crippen molar-refractivity contribution >= 4 is 11.8 Å². The van der Waals surface area contributed by atoms with Crippen LogP contribution in [0.1, 0.15) is 39.5 Å². The van der Waals surface area contributed by atoms with Gasteiger partial charge >= 0.3 is 5.97 Å². The fraction of sp³-hybridized carbons (Fsp3) is 0.875. The molecule has 0 aromatic carbocycles. The van der Waals surface area contributed by atoms with Crippen molar-refractivity contribution in [3.63, 3.8) is 0 Å². The molecule has 7 unspecified atom stereocenters. The molecule has 1 saturated heterocycles. The van der Waals surface area contributed by atoms with Crippen molar-refractivity contribution in [3.05, 3.63) is 0 Å². The Morgan fingerprint density at radius 1 is 1.32 bits per heavy atom. The minimum atomic E-state index is -2.76. The highest BCUT2D eigenvalue weighted by Crippen LogP contribution is 2.36. The summed E-state index contributed by atoms with van der Waals surface area (Å²) in [5.41, 5.74) is 0. The molecule has 1 aliphatic rings. The Kier molecular flexibility index (Phi) is 7.91. The first-order valence-electron chi connectivity index (χ1n) is 8.38. The van der Waals surface area contributed by atoms with Crippen molar-refractivity contribution in [3.8, 4) is 0 Å². The van der Waals surface area contributed by atoms with Gasteiger partial charge in [-0.25, -0.2) is 4.79 Å². The minimum Gasteiger partial charge on any atom is -0.477 e. The Hall–Kier alpha value is -1.10. The van der Waals surface area contributed by atoms with Crippen molar-refractivity contribution in [1.29, 1.82) is 0 Å². The molecule has 0 aromatic heterocycles. The summed E-state index contributed by atoms with van der Waals surface area (Å²) in [6, 6.07) is 0. The second kappa shape index (κ2) is 9.02. The molecule has 6 N–H and O–H groups in total. The Balaban J connectivity index is 3.06. The summed E-state index contributed by atoms with van der Waals surface area (Å²) in [6.07, 6.45) is -5.93. The van der Waals surface area contributed by atoms with Gasteiger partial charge in [-0.2, -0.15) is 0 Å². The van der Waals surface area contributed by atoms with Crippen LogP contribution in [0.3, 0.4) is 0 Å². The van der Waals surface area contributed by atoms with Crippen LogP contribution >= 0.6 is 0 Å². The van der Waals surface area contributed by atoms with Crippen LogP contribution in [-0.2, 0) is 14.3 Å². The van der Waals surface area contributed by atoms with E-state index in [4.69, 9.17) is 14.9 Å².